The van der Waals surface area contributed by atoms with Crippen molar-refractivity contribution in [3.05, 3.63) is 96.2 Å². The number of aryl methyl sites for hydroxylation is 1. The van der Waals surface area contributed by atoms with Crippen LogP contribution >= 0.6 is 0 Å². The van der Waals surface area contributed by atoms with Crippen LogP contribution in [-0.2, 0) is 0 Å². The Morgan fingerprint density at radius 2 is 1.83 bits per heavy atom. The number of nitrogens with zero attached hydrogens (tertiary/aromatic N) is 4. The average Bonchev–Trinajstić information content (AvgIpc) is 3.19. The Morgan fingerprint density at radius 3 is 2.52 bits per heavy atom. The summed E-state index contributed by atoms with van der Waals surface area (Å²) in [5.74, 6) is -0.569. The Bertz CT molecular complexity index is 1150. The maximum Gasteiger partial charge on any atom is 0.278 e. The minimum atomic E-state index is -0.334. The van der Waals surface area contributed by atoms with Crippen molar-refractivity contribution in [2.24, 2.45) is 0 Å². The van der Waals surface area contributed by atoms with E-state index in [1.807, 2.05) is 43.3 Å². The number of aromatic nitrogens is 3. The fourth-order valence-corrected chi connectivity index (χ4v) is 3.11. The lowest BCUT2D eigenvalue weighted by Gasteiger charge is -2.16. The predicted octanol–water partition coefficient (Wildman–Crippen LogP) is 4.66. The van der Waals surface area contributed by atoms with Gasteiger partial charge in [-0.15, -0.1) is 0 Å². The molecular formula is C23H19FN4O. The van der Waals surface area contributed by atoms with Crippen LogP contribution in [0.1, 0.15) is 16.1 Å². The molecule has 29 heavy (non-hydrogen) atoms. The first kappa shape index (κ1) is 18.6. The van der Waals surface area contributed by atoms with Gasteiger partial charge < -0.3 is 4.90 Å². The summed E-state index contributed by atoms with van der Waals surface area (Å²) in [6.45, 7) is 1.98. The molecule has 0 fully saturated rings. The van der Waals surface area contributed by atoms with Gasteiger partial charge >= 0.3 is 0 Å². The molecule has 2 aromatic carbocycles. The third-order valence-electron chi connectivity index (χ3n) is 4.65. The van der Waals surface area contributed by atoms with E-state index in [-0.39, 0.29) is 17.4 Å². The molecule has 0 aliphatic heterocycles. The standard InChI is InChI=1S/C23H19FN4O/c1-16-5-3-7-20(13-16)27(2)23(29)21-14-22(17-6-4-12-25-15-17)28(26-21)19-10-8-18(24)9-11-19/h3-15H,1-2H3. The van der Waals surface area contributed by atoms with E-state index in [4.69, 9.17) is 0 Å². The number of rotatable bonds is 4. The van der Waals surface area contributed by atoms with Gasteiger partial charge in [0.25, 0.3) is 5.91 Å². The molecule has 0 aliphatic carbocycles. The second kappa shape index (κ2) is 7.67. The number of pyridine rings is 1. The molecule has 0 saturated heterocycles. The fourth-order valence-electron chi connectivity index (χ4n) is 3.11. The van der Waals surface area contributed by atoms with Crippen molar-refractivity contribution in [2.45, 2.75) is 6.92 Å². The zero-order valence-corrected chi connectivity index (χ0v) is 16.1. The summed E-state index contributed by atoms with van der Waals surface area (Å²) in [6.07, 6.45) is 3.38. The molecule has 4 rings (SSSR count). The molecule has 2 heterocycles. The highest BCUT2D eigenvalue weighted by atomic mass is 19.1. The van der Waals surface area contributed by atoms with Gasteiger partial charge in [-0.1, -0.05) is 12.1 Å². The topological polar surface area (TPSA) is 51.0 Å². The summed E-state index contributed by atoms with van der Waals surface area (Å²) < 4.78 is 15.0. The largest absolute Gasteiger partial charge is 0.310 e. The van der Waals surface area contributed by atoms with Crippen LogP contribution in [0.2, 0.25) is 0 Å². The van der Waals surface area contributed by atoms with Crippen LogP contribution in [0.4, 0.5) is 10.1 Å². The zero-order chi connectivity index (χ0) is 20.4. The molecule has 0 unspecified atom stereocenters. The van der Waals surface area contributed by atoms with Crippen molar-refractivity contribution in [3.63, 3.8) is 0 Å². The van der Waals surface area contributed by atoms with Gasteiger partial charge in [-0.25, -0.2) is 9.07 Å². The fraction of sp³-hybridized carbons (Fsp3) is 0.0870. The third-order valence-corrected chi connectivity index (χ3v) is 4.65. The highest BCUT2D eigenvalue weighted by Gasteiger charge is 2.21. The lowest BCUT2D eigenvalue weighted by atomic mass is 10.1. The molecular weight excluding hydrogens is 367 g/mol. The maximum absolute atomic E-state index is 13.4. The van der Waals surface area contributed by atoms with E-state index < -0.39 is 0 Å². The summed E-state index contributed by atoms with van der Waals surface area (Å²) in [6, 6.07) is 19.1. The summed E-state index contributed by atoms with van der Waals surface area (Å²) in [7, 11) is 1.72. The van der Waals surface area contributed by atoms with E-state index in [0.717, 1.165) is 16.8 Å². The van der Waals surface area contributed by atoms with E-state index in [1.54, 1.807) is 47.2 Å². The molecule has 2 aromatic heterocycles. The van der Waals surface area contributed by atoms with E-state index in [0.29, 0.717) is 11.4 Å². The summed E-state index contributed by atoms with van der Waals surface area (Å²) in [4.78, 5) is 18.8. The van der Waals surface area contributed by atoms with Crippen molar-refractivity contribution < 1.29 is 9.18 Å². The van der Waals surface area contributed by atoms with E-state index >= 15 is 0 Å². The Balaban J connectivity index is 1.78. The normalized spacial score (nSPS) is 10.7. The van der Waals surface area contributed by atoms with Crippen molar-refractivity contribution in [3.8, 4) is 16.9 Å². The number of amides is 1. The van der Waals surface area contributed by atoms with Gasteiger partial charge in [-0.3, -0.25) is 9.78 Å². The van der Waals surface area contributed by atoms with Crippen LogP contribution in [0.25, 0.3) is 16.9 Å². The first-order chi connectivity index (χ1) is 14.0. The molecule has 0 bridgehead atoms. The maximum atomic E-state index is 13.4. The quantitative estimate of drug-likeness (QED) is 0.513. The second-order valence-electron chi connectivity index (χ2n) is 6.75. The Hall–Kier alpha value is -3.80. The van der Waals surface area contributed by atoms with E-state index in [9.17, 15) is 9.18 Å². The monoisotopic (exact) mass is 386 g/mol. The van der Waals surface area contributed by atoms with E-state index in [2.05, 4.69) is 10.1 Å². The number of anilines is 1. The molecule has 0 radical (unpaired) electrons. The molecule has 0 aliphatic rings. The first-order valence-electron chi connectivity index (χ1n) is 9.14. The van der Waals surface area contributed by atoms with Gasteiger partial charge in [0, 0.05) is 30.7 Å². The summed E-state index contributed by atoms with van der Waals surface area (Å²) >= 11 is 0. The van der Waals surface area contributed by atoms with Crippen molar-refractivity contribution in [1.82, 2.24) is 14.8 Å². The Morgan fingerprint density at radius 1 is 1.03 bits per heavy atom. The Kier molecular flexibility index (Phi) is 4.91. The molecule has 1 amide bonds. The van der Waals surface area contributed by atoms with Crippen molar-refractivity contribution in [2.75, 3.05) is 11.9 Å². The molecule has 144 valence electrons. The SMILES string of the molecule is Cc1cccc(N(C)C(=O)c2cc(-c3cccnc3)n(-c3ccc(F)cc3)n2)c1. The molecule has 0 saturated carbocycles. The van der Waals surface area contributed by atoms with Crippen LogP contribution in [0.3, 0.4) is 0 Å². The minimum Gasteiger partial charge on any atom is -0.310 e. The van der Waals surface area contributed by atoms with Crippen LogP contribution in [-0.4, -0.2) is 27.7 Å². The van der Waals surface area contributed by atoms with Gasteiger partial charge in [-0.2, -0.15) is 5.10 Å². The number of carbonyl (C=O) groups excluding carboxylic acids is 1. The van der Waals surface area contributed by atoms with Crippen LogP contribution in [0.15, 0.2) is 79.1 Å². The Labute approximate surface area is 168 Å². The van der Waals surface area contributed by atoms with Crippen LogP contribution in [0, 0.1) is 12.7 Å². The smallest absolute Gasteiger partial charge is 0.278 e. The minimum absolute atomic E-state index is 0.235. The average molecular weight is 386 g/mol. The molecule has 0 N–H and O–H groups in total. The van der Waals surface area contributed by atoms with Gasteiger partial charge in [0.15, 0.2) is 5.69 Å². The lowest BCUT2D eigenvalue weighted by Crippen LogP contribution is -2.26. The molecule has 4 aromatic rings. The van der Waals surface area contributed by atoms with E-state index in [1.165, 1.54) is 12.1 Å². The zero-order valence-electron chi connectivity index (χ0n) is 16.1. The summed E-state index contributed by atoms with van der Waals surface area (Å²) in [5, 5.41) is 4.53. The van der Waals surface area contributed by atoms with Gasteiger partial charge in [0.1, 0.15) is 5.82 Å². The number of hydrogen-bond donors (Lipinski definition) is 0. The van der Waals surface area contributed by atoms with Gasteiger partial charge in [-0.05, 0) is 67.1 Å². The number of hydrogen-bond acceptors (Lipinski definition) is 3. The van der Waals surface area contributed by atoms with Crippen LogP contribution in [0.5, 0.6) is 0 Å². The third kappa shape index (κ3) is 3.78. The van der Waals surface area contributed by atoms with Gasteiger partial charge in [0.05, 0.1) is 11.4 Å². The van der Waals surface area contributed by atoms with Gasteiger partial charge in [0.2, 0.25) is 0 Å². The second-order valence-corrected chi connectivity index (χ2v) is 6.75. The lowest BCUT2D eigenvalue weighted by molar-refractivity contribution is 0.0988. The molecule has 0 spiro atoms. The number of benzene rings is 2. The highest BCUT2D eigenvalue weighted by Crippen LogP contribution is 2.25. The number of carbonyl (C=O) groups is 1. The molecule has 5 nitrogen and oxygen atoms in total. The van der Waals surface area contributed by atoms with Crippen molar-refractivity contribution in [1.29, 1.82) is 0 Å². The highest BCUT2D eigenvalue weighted by molar-refractivity contribution is 6.05. The summed E-state index contributed by atoms with van der Waals surface area (Å²) in [5.41, 5.74) is 4.30. The first-order valence-corrected chi connectivity index (χ1v) is 9.14. The predicted molar refractivity (Wildman–Crippen MR) is 111 cm³/mol. The van der Waals surface area contributed by atoms with Crippen LogP contribution < -0.4 is 4.90 Å². The number of halogens is 1. The molecule has 0 atom stereocenters. The van der Waals surface area contributed by atoms with Crippen molar-refractivity contribution >= 4 is 11.6 Å². The molecule has 6 heteroatoms.